The Morgan fingerprint density at radius 1 is 0.532 bits per heavy atom. The zero-order valence-electron chi connectivity index (χ0n) is 59.4. The van der Waals surface area contributed by atoms with Crippen LogP contribution in [-0.2, 0) is 60.9 Å². The number of carbonyl (C=O) groups is 1. The Balaban J connectivity index is 0.000000446. The summed E-state index contributed by atoms with van der Waals surface area (Å²) in [6.45, 7) is 36.5. The van der Waals surface area contributed by atoms with E-state index in [1.165, 1.54) is 49.4 Å². The van der Waals surface area contributed by atoms with E-state index in [0.717, 1.165) is 114 Å². The van der Waals surface area contributed by atoms with Gasteiger partial charge in [-0.3, -0.25) is 4.79 Å². The van der Waals surface area contributed by atoms with E-state index in [-0.39, 0.29) is 50.7 Å². The van der Waals surface area contributed by atoms with Crippen LogP contribution in [0.3, 0.4) is 0 Å². The van der Waals surface area contributed by atoms with Gasteiger partial charge >= 0.3 is 30.7 Å². The SMILES string of the molecule is CCC(C)(C)C(=O)OC(C)(C)C.CCC(C)c1ccc(C(C)(OC(OC)c2cc(C)cc(C(F)(F)F)c2)C(F)(F)F)cc1.CCC(C)c1ccc(C(C)(OC2CCCO2)C(F)(F)F)cc1.CCCCCCOC(OC(C)(c1ccc(C(C)CC)cc1)C(F)(F)F)C(C)(C)C. The number of benzene rings is 4. The molecule has 0 aliphatic carbocycles. The Bertz CT molecular complexity index is 2830. The minimum absolute atomic E-state index is 0.0980. The van der Waals surface area contributed by atoms with Gasteiger partial charge in [0, 0.05) is 37.7 Å². The van der Waals surface area contributed by atoms with Crippen LogP contribution in [0.15, 0.2) is 91.0 Å². The predicted molar refractivity (Wildman–Crippen MR) is 347 cm³/mol. The third-order valence-electron chi connectivity index (χ3n) is 17.2. The quantitative estimate of drug-likeness (QED) is 0.0281. The van der Waals surface area contributed by atoms with Gasteiger partial charge in [-0.05, 0) is 164 Å². The summed E-state index contributed by atoms with van der Waals surface area (Å²) < 4.78 is 203. The molecule has 0 spiro atoms. The molecule has 0 amide bonds. The van der Waals surface area contributed by atoms with Gasteiger partial charge in [-0.2, -0.15) is 52.7 Å². The first-order chi connectivity index (χ1) is 43.1. The van der Waals surface area contributed by atoms with Crippen molar-refractivity contribution in [2.75, 3.05) is 20.3 Å². The maximum Gasteiger partial charge on any atom is 0.421 e. The van der Waals surface area contributed by atoms with Crippen molar-refractivity contribution in [1.82, 2.24) is 0 Å². The van der Waals surface area contributed by atoms with Gasteiger partial charge in [0.05, 0.1) is 11.0 Å². The van der Waals surface area contributed by atoms with Crippen molar-refractivity contribution in [2.24, 2.45) is 10.8 Å². The van der Waals surface area contributed by atoms with Crippen LogP contribution in [0.4, 0.5) is 52.7 Å². The zero-order chi connectivity index (χ0) is 72.3. The second kappa shape index (κ2) is 35.7. The molecule has 536 valence electrons. The number of carbonyl (C=O) groups excluding carboxylic acids is 1. The molecular formula is C74H108F12O8. The summed E-state index contributed by atoms with van der Waals surface area (Å²) in [6, 6.07) is 22.0. The highest BCUT2D eigenvalue weighted by atomic mass is 19.4. The summed E-state index contributed by atoms with van der Waals surface area (Å²) in [4.78, 5) is 11.5. The second-order valence-corrected chi connectivity index (χ2v) is 27.7. The summed E-state index contributed by atoms with van der Waals surface area (Å²) in [7, 11) is 1.09. The van der Waals surface area contributed by atoms with E-state index < -0.39 is 71.4 Å². The zero-order valence-corrected chi connectivity index (χ0v) is 59.4. The van der Waals surface area contributed by atoms with Gasteiger partial charge in [0.25, 0.3) is 0 Å². The maximum absolute atomic E-state index is 14.2. The standard InChI is InChI=1S/C24H39F3O2.C23H26F6O2.C17H23F3O2.C10H20O2/c1-8-10-11-12-17-28-21(22(4,5)6)29-23(7,24(25,26)27)20-15-13-19(14-16-20)18(3)9-2;1-6-15(3)16-7-9-18(10-8-16)21(4,23(27,28)29)31-20(30-5)17-11-14(2)12-19(13-17)22(24,25)26;1-4-12(2)13-7-9-14(10-8-13)16(3,17(18,19)20)22-15-6-5-11-21-15;1-7-10(5,6)8(11)12-9(2,3)4/h13-16,18,21H,8-12,17H2,1-7H3;7-13,15,20H,6H2,1-5H3;7-10,12,15H,4-6,11H2,1-3H3;7H2,1-6H3. The van der Waals surface area contributed by atoms with Crippen molar-refractivity contribution in [3.05, 3.63) is 141 Å². The van der Waals surface area contributed by atoms with Crippen molar-refractivity contribution in [1.29, 1.82) is 0 Å². The van der Waals surface area contributed by atoms with Gasteiger partial charge in [0.1, 0.15) is 5.60 Å². The number of hydrogen-bond acceptors (Lipinski definition) is 8. The molecule has 1 aliphatic rings. The van der Waals surface area contributed by atoms with E-state index in [4.69, 9.17) is 33.2 Å². The van der Waals surface area contributed by atoms with Crippen molar-refractivity contribution in [3.63, 3.8) is 0 Å². The van der Waals surface area contributed by atoms with Crippen LogP contribution >= 0.6 is 0 Å². The first kappa shape index (κ1) is 85.4. The van der Waals surface area contributed by atoms with Gasteiger partial charge in [-0.25, -0.2) is 0 Å². The Morgan fingerprint density at radius 2 is 0.947 bits per heavy atom. The molecule has 0 aromatic heterocycles. The molecule has 4 aromatic carbocycles. The van der Waals surface area contributed by atoms with Crippen LogP contribution in [0.2, 0.25) is 0 Å². The lowest BCUT2D eigenvalue weighted by molar-refractivity contribution is -0.341. The highest BCUT2D eigenvalue weighted by Gasteiger charge is 2.58. The Morgan fingerprint density at radius 3 is 1.28 bits per heavy atom. The van der Waals surface area contributed by atoms with Gasteiger partial charge in [-0.1, -0.05) is 180 Å². The average Bonchev–Trinajstić information content (AvgIpc) is 1.24. The summed E-state index contributed by atoms with van der Waals surface area (Å²) in [6.07, 6.45) is -13.3. The van der Waals surface area contributed by atoms with Gasteiger partial charge in [0.15, 0.2) is 35.7 Å². The maximum atomic E-state index is 14.2. The molecular weight excluding hydrogens is 1240 g/mol. The fourth-order valence-electron chi connectivity index (χ4n) is 9.43. The Kier molecular flexibility index (Phi) is 32.4. The molecule has 0 bridgehead atoms. The molecule has 4 aromatic rings. The summed E-state index contributed by atoms with van der Waals surface area (Å²) in [5.41, 5.74) is -6.84. The molecule has 8 nitrogen and oxygen atoms in total. The number of halogens is 12. The van der Waals surface area contributed by atoms with E-state index in [9.17, 15) is 57.5 Å². The number of ether oxygens (including phenoxy) is 7. The largest absolute Gasteiger partial charge is 0.460 e. The first-order valence-corrected chi connectivity index (χ1v) is 32.8. The Labute approximate surface area is 553 Å². The highest BCUT2D eigenvalue weighted by Crippen LogP contribution is 2.49. The third-order valence-corrected chi connectivity index (χ3v) is 17.2. The van der Waals surface area contributed by atoms with Crippen LogP contribution in [-0.4, -0.2) is 63.0 Å². The van der Waals surface area contributed by atoms with Crippen molar-refractivity contribution < 1.29 is 90.6 Å². The van der Waals surface area contributed by atoms with Gasteiger partial charge in [-0.15, -0.1) is 0 Å². The molecule has 0 N–H and O–H groups in total. The van der Waals surface area contributed by atoms with Crippen molar-refractivity contribution in [2.45, 2.75) is 286 Å². The normalized spacial score (nSPS) is 17.8. The fraction of sp³-hybridized carbons (Fsp3) is 0.662. The van der Waals surface area contributed by atoms with Crippen molar-refractivity contribution >= 4 is 5.97 Å². The molecule has 1 heterocycles. The monoisotopic (exact) mass is 1350 g/mol. The number of rotatable bonds is 25. The number of esters is 1. The predicted octanol–water partition coefficient (Wildman–Crippen LogP) is 23.5. The lowest BCUT2D eigenvalue weighted by atomic mass is 9.89. The molecule has 9 atom stereocenters. The molecule has 94 heavy (non-hydrogen) atoms. The van der Waals surface area contributed by atoms with Gasteiger partial charge in [0.2, 0.25) is 0 Å². The highest BCUT2D eigenvalue weighted by molar-refractivity contribution is 5.76. The van der Waals surface area contributed by atoms with Crippen LogP contribution < -0.4 is 0 Å². The van der Waals surface area contributed by atoms with E-state index in [1.807, 2.05) is 76.2 Å². The number of unbranched alkanes of at least 4 members (excludes halogenated alkanes) is 3. The summed E-state index contributed by atoms with van der Waals surface area (Å²) in [5.74, 6) is 0.686. The second-order valence-electron chi connectivity index (χ2n) is 27.7. The number of hydrogen-bond donors (Lipinski definition) is 0. The fourth-order valence-corrected chi connectivity index (χ4v) is 9.43. The number of aryl methyl sites for hydroxylation is 1. The van der Waals surface area contributed by atoms with E-state index >= 15 is 0 Å². The molecule has 1 aliphatic heterocycles. The van der Waals surface area contributed by atoms with Crippen LogP contribution in [0.25, 0.3) is 0 Å². The summed E-state index contributed by atoms with van der Waals surface area (Å²) >= 11 is 0. The van der Waals surface area contributed by atoms with Crippen molar-refractivity contribution in [3.8, 4) is 0 Å². The Hall–Kier alpha value is -4.73. The van der Waals surface area contributed by atoms with E-state index in [1.54, 1.807) is 36.4 Å². The smallest absolute Gasteiger partial charge is 0.421 e. The molecule has 5 rings (SSSR count). The summed E-state index contributed by atoms with van der Waals surface area (Å²) in [5, 5.41) is 0. The lowest BCUT2D eigenvalue weighted by Gasteiger charge is -2.40. The molecule has 9 unspecified atom stereocenters. The average molecular weight is 1350 g/mol. The van der Waals surface area contributed by atoms with Crippen LogP contribution in [0.5, 0.6) is 0 Å². The lowest BCUT2D eigenvalue weighted by Crippen LogP contribution is -2.48. The topological polar surface area (TPSA) is 81.7 Å². The van der Waals surface area contributed by atoms with E-state index in [0.29, 0.717) is 31.5 Å². The number of alkyl halides is 12. The number of methoxy groups -OCH3 is 1. The van der Waals surface area contributed by atoms with Crippen LogP contribution in [0, 0.1) is 17.8 Å². The molecule has 1 fully saturated rings. The third kappa shape index (κ3) is 25.0. The molecule has 20 heteroatoms. The molecule has 1 saturated heterocycles. The first-order valence-electron chi connectivity index (χ1n) is 32.8. The van der Waals surface area contributed by atoms with E-state index in [2.05, 4.69) is 34.6 Å². The molecule has 0 radical (unpaired) electrons. The van der Waals surface area contributed by atoms with Gasteiger partial charge < -0.3 is 33.2 Å². The molecule has 0 saturated carbocycles. The minimum atomic E-state index is -4.85. The minimum Gasteiger partial charge on any atom is -0.460 e. The van der Waals surface area contributed by atoms with Crippen LogP contribution in [0.1, 0.15) is 270 Å².